The minimum atomic E-state index is -0.851. The van der Waals surface area contributed by atoms with Crippen LogP contribution < -0.4 is 14.8 Å². The molecule has 1 aromatic rings. The molecule has 2 N–H and O–H groups in total. The number of aliphatic hydroxyl groups excluding tert-OH is 1. The molecule has 0 unspecified atom stereocenters. The van der Waals surface area contributed by atoms with Gasteiger partial charge in [0.15, 0.2) is 11.5 Å². The van der Waals surface area contributed by atoms with Gasteiger partial charge in [-0.05, 0) is 69.3 Å². The van der Waals surface area contributed by atoms with Crippen LogP contribution in [0.2, 0.25) is 0 Å². The van der Waals surface area contributed by atoms with Crippen molar-refractivity contribution in [3.05, 3.63) is 23.8 Å². The number of carbonyl (C=O) groups excluding carboxylic acids is 2. The number of unbranched alkanes of at least 4 members (excludes halogenated alkanes) is 1. The number of aliphatic hydroxyl groups is 1. The van der Waals surface area contributed by atoms with Gasteiger partial charge in [0, 0.05) is 38.5 Å². The number of amides is 1. The van der Waals surface area contributed by atoms with Crippen molar-refractivity contribution in [2.24, 2.45) is 5.92 Å². The first-order valence-electron chi connectivity index (χ1n) is 12.8. The smallest absolute Gasteiger partial charge is 0.220 e. The van der Waals surface area contributed by atoms with E-state index in [1.807, 2.05) is 18.2 Å². The van der Waals surface area contributed by atoms with Gasteiger partial charge in [-0.3, -0.25) is 9.59 Å². The monoisotopic (exact) mass is 526 g/mol. The van der Waals surface area contributed by atoms with E-state index in [9.17, 15) is 14.7 Å². The van der Waals surface area contributed by atoms with Crippen LogP contribution in [0.15, 0.2) is 18.2 Å². The van der Waals surface area contributed by atoms with Crippen LogP contribution in [-0.4, -0.2) is 73.8 Å². The lowest BCUT2D eigenvalue weighted by atomic mass is 9.92. The molecule has 3 heterocycles. The van der Waals surface area contributed by atoms with Gasteiger partial charge in [-0.15, -0.1) is 12.4 Å². The lowest BCUT2D eigenvalue weighted by molar-refractivity contribution is -0.126. The second-order valence-electron chi connectivity index (χ2n) is 9.59. The number of Topliss-reactive ketones (excluding diaryl/α,β-unsaturated/α-hetero) is 1. The minimum Gasteiger partial charge on any atom is -0.486 e. The van der Waals surface area contributed by atoms with Crippen LogP contribution in [0.3, 0.4) is 0 Å². The fraction of sp³-hybridized carbons (Fsp3) is 0.704. The average molecular weight is 527 g/mol. The van der Waals surface area contributed by atoms with Crippen LogP contribution in [0.4, 0.5) is 0 Å². The highest BCUT2D eigenvalue weighted by atomic mass is 35.5. The van der Waals surface area contributed by atoms with Crippen LogP contribution in [-0.2, 0) is 14.3 Å². The molecule has 1 amide bonds. The maximum absolute atomic E-state index is 12.8. The molecule has 0 saturated carbocycles. The van der Waals surface area contributed by atoms with E-state index in [4.69, 9.17) is 14.2 Å². The first kappa shape index (κ1) is 30.4. The van der Waals surface area contributed by atoms with E-state index in [2.05, 4.69) is 10.2 Å². The van der Waals surface area contributed by atoms with Crippen LogP contribution in [0.1, 0.15) is 70.5 Å². The number of benzene rings is 1. The Balaban J connectivity index is 0.00000228. The van der Waals surface area contributed by atoms with Gasteiger partial charge in [-0.2, -0.15) is 0 Å². The lowest BCUT2D eigenvalue weighted by Crippen LogP contribution is -2.46. The highest BCUT2D eigenvalue weighted by Crippen LogP contribution is 2.33. The van der Waals surface area contributed by atoms with E-state index in [0.717, 1.165) is 38.8 Å². The summed E-state index contributed by atoms with van der Waals surface area (Å²) in [4.78, 5) is 27.4. The highest BCUT2D eigenvalue weighted by molar-refractivity contribution is 5.85. The van der Waals surface area contributed by atoms with Gasteiger partial charge in [0.1, 0.15) is 25.1 Å². The van der Waals surface area contributed by atoms with Gasteiger partial charge >= 0.3 is 0 Å². The molecule has 36 heavy (non-hydrogen) atoms. The van der Waals surface area contributed by atoms with E-state index in [0.29, 0.717) is 81.5 Å². The molecule has 1 aromatic carbocycles. The molecule has 9 heteroatoms. The number of likely N-dealkylation sites (tertiary alicyclic amines) is 1. The lowest BCUT2D eigenvalue weighted by Gasteiger charge is -2.29. The van der Waals surface area contributed by atoms with Gasteiger partial charge in [0.25, 0.3) is 0 Å². The summed E-state index contributed by atoms with van der Waals surface area (Å²) in [7, 11) is 0. The van der Waals surface area contributed by atoms with Gasteiger partial charge in [0.05, 0.1) is 6.04 Å². The van der Waals surface area contributed by atoms with Crippen molar-refractivity contribution in [3.8, 4) is 11.5 Å². The molecule has 2 atom stereocenters. The zero-order valence-electron chi connectivity index (χ0n) is 20.4. The summed E-state index contributed by atoms with van der Waals surface area (Å²) in [6.45, 7) is 4.90. The molecule has 4 rings (SSSR count). The summed E-state index contributed by atoms with van der Waals surface area (Å²) in [6.07, 6.45) is 5.31. The fourth-order valence-electron chi connectivity index (χ4n) is 5.03. The van der Waals surface area contributed by atoms with Crippen molar-refractivity contribution < 1.29 is 28.9 Å². The van der Waals surface area contributed by atoms with Crippen molar-refractivity contribution >= 4 is 24.1 Å². The predicted molar refractivity (Wildman–Crippen MR) is 141 cm³/mol. The molecule has 0 aliphatic carbocycles. The van der Waals surface area contributed by atoms with Crippen molar-refractivity contribution in [1.82, 2.24) is 10.2 Å². The summed E-state index contributed by atoms with van der Waals surface area (Å²) in [6, 6.07) is 5.04. The van der Waals surface area contributed by atoms with Crippen molar-refractivity contribution in [2.45, 2.75) is 70.9 Å². The fourth-order valence-corrected chi connectivity index (χ4v) is 5.03. The zero-order chi connectivity index (χ0) is 23.8. The van der Waals surface area contributed by atoms with Crippen molar-refractivity contribution in [3.63, 3.8) is 0 Å². The van der Waals surface area contributed by atoms with Crippen molar-refractivity contribution in [1.29, 1.82) is 0 Å². The average Bonchev–Trinajstić information content (AvgIpc) is 3.39. The number of rotatable bonds is 11. The molecule has 0 aromatic heterocycles. The molecule has 0 spiro atoms. The van der Waals surface area contributed by atoms with Gasteiger partial charge < -0.3 is 29.5 Å². The van der Waals surface area contributed by atoms with Crippen LogP contribution >= 0.6 is 12.4 Å². The maximum Gasteiger partial charge on any atom is 0.220 e. The third-order valence-corrected chi connectivity index (χ3v) is 7.04. The largest absolute Gasteiger partial charge is 0.486 e. The minimum absolute atomic E-state index is 0. The Morgan fingerprint density at radius 3 is 2.39 bits per heavy atom. The number of hydrogen-bond acceptors (Lipinski definition) is 7. The first-order chi connectivity index (χ1) is 16.6. The Morgan fingerprint density at radius 1 is 1.00 bits per heavy atom. The van der Waals surface area contributed by atoms with E-state index in [1.54, 1.807) is 0 Å². The van der Waals surface area contributed by atoms with Crippen molar-refractivity contribution in [2.75, 3.05) is 46.1 Å². The van der Waals surface area contributed by atoms with E-state index in [1.165, 1.54) is 0 Å². The number of halogens is 1. The third-order valence-electron chi connectivity index (χ3n) is 7.04. The number of nitrogens with one attached hydrogen (secondary N) is 1. The second-order valence-corrected chi connectivity index (χ2v) is 9.59. The quantitative estimate of drug-likeness (QED) is 0.424. The Bertz CT molecular complexity index is 826. The molecular formula is C27H43ClN2O6. The standard InChI is InChI=1S/C26H38N2O6.CH4.ClH/c29-22(19-9-13-32-14-10-19)5-1-2-6-25(30)27-21(18-28-11-3-4-12-28)26(31)20-7-8-23-24(17-20)34-16-15-33-23;;/h7-8,17,19,21,26,31H,1-6,9-16,18H2,(H,27,30);1H4;1H/t21-,26-;;/m1../s1. The summed E-state index contributed by atoms with van der Waals surface area (Å²) in [5.41, 5.74) is 0.704. The molecule has 3 aliphatic rings. The molecular weight excluding hydrogens is 484 g/mol. The Morgan fingerprint density at radius 2 is 1.67 bits per heavy atom. The molecule has 0 bridgehead atoms. The Kier molecular flexibility index (Phi) is 13.0. The van der Waals surface area contributed by atoms with Crippen LogP contribution in [0.5, 0.6) is 11.5 Å². The second kappa shape index (κ2) is 15.4. The molecule has 2 saturated heterocycles. The predicted octanol–water partition coefficient (Wildman–Crippen LogP) is 3.69. The Hall–Kier alpha value is -1.87. The zero-order valence-corrected chi connectivity index (χ0v) is 21.2. The molecule has 204 valence electrons. The number of fused-ring (bicyclic) bond motifs is 1. The number of nitrogens with zero attached hydrogens (tertiary/aromatic N) is 1. The summed E-state index contributed by atoms with van der Waals surface area (Å²) >= 11 is 0. The van der Waals surface area contributed by atoms with E-state index >= 15 is 0 Å². The van der Waals surface area contributed by atoms with Crippen LogP contribution in [0.25, 0.3) is 0 Å². The third kappa shape index (κ3) is 8.61. The summed E-state index contributed by atoms with van der Waals surface area (Å²) in [5.74, 6) is 1.64. The Labute approximate surface area is 221 Å². The molecule has 2 fully saturated rings. The highest BCUT2D eigenvalue weighted by Gasteiger charge is 2.28. The number of carbonyl (C=O) groups is 2. The van der Waals surface area contributed by atoms with Gasteiger partial charge in [-0.25, -0.2) is 0 Å². The van der Waals surface area contributed by atoms with Crippen LogP contribution in [0, 0.1) is 5.92 Å². The van der Waals surface area contributed by atoms with E-state index < -0.39 is 12.1 Å². The molecule has 3 aliphatic heterocycles. The number of ketones is 1. The number of ether oxygens (including phenoxy) is 3. The SMILES string of the molecule is C.Cl.O=C(CCCCC(=O)C1CCOCC1)N[C@H](CN1CCCC1)[C@H](O)c1ccc2c(c1)OCCO2. The first-order valence-corrected chi connectivity index (χ1v) is 12.8. The normalized spacial score (nSPS) is 19.5. The molecule has 0 radical (unpaired) electrons. The molecule has 8 nitrogen and oxygen atoms in total. The van der Waals surface area contributed by atoms with E-state index in [-0.39, 0.29) is 31.7 Å². The topological polar surface area (TPSA) is 97.3 Å². The van der Waals surface area contributed by atoms with Gasteiger partial charge in [-0.1, -0.05) is 13.5 Å². The maximum atomic E-state index is 12.8. The summed E-state index contributed by atoms with van der Waals surface area (Å²) in [5, 5.41) is 14.3. The summed E-state index contributed by atoms with van der Waals surface area (Å²) < 4.78 is 16.6. The number of hydrogen-bond donors (Lipinski definition) is 2. The van der Waals surface area contributed by atoms with Gasteiger partial charge in [0.2, 0.25) is 5.91 Å².